The van der Waals surface area contributed by atoms with Crippen LogP contribution < -0.4 is 5.32 Å². The molecule has 1 fully saturated rings. The van der Waals surface area contributed by atoms with E-state index < -0.39 is 0 Å². The van der Waals surface area contributed by atoms with Crippen LogP contribution in [-0.4, -0.2) is 16.5 Å². The van der Waals surface area contributed by atoms with Crippen LogP contribution in [0.4, 0.5) is 0 Å². The molecule has 1 amide bonds. The first-order valence-electron chi connectivity index (χ1n) is 12.4. The molecule has 2 aliphatic rings. The predicted molar refractivity (Wildman–Crippen MR) is 131 cm³/mol. The Bertz CT molecular complexity index is 1060. The van der Waals surface area contributed by atoms with Crippen molar-refractivity contribution in [3.8, 4) is 16.9 Å². The number of aryl methyl sites for hydroxylation is 1. The second-order valence-electron chi connectivity index (χ2n) is 9.65. The maximum Gasteiger partial charge on any atom is 0.251 e. The molecule has 0 unspecified atom stereocenters. The molecule has 1 saturated carbocycles. The molecule has 3 aromatic rings. The summed E-state index contributed by atoms with van der Waals surface area (Å²) in [6.07, 6.45) is 10.9. The van der Waals surface area contributed by atoms with E-state index in [4.69, 9.17) is 0 Å². The number of fused-ring (bicyclic) bond motifs is 1. The maximum absolute atomic E-state index is 12.9. The average molecular weight is 427 g/mol. The van der Waals surface area contributed by atoms with Gasteiger partial charge in [0.2, 0.25) is 0 Å². The third-order valence-corrected chi connectivity index (χ3v) is 7.44. The van der Waals surface area contributed by atoms with Gasteiger partial charge >= 0.3 is 0 Å². The number of hydrogen-bond acceptors (Lipinski definition) is 1. The summed E-state index contributed by atoms with van der Waals surface area (Å²) >= 11 is 0. The van der Waals surface area contributed by atoms with E-state index in [1.54, 1.807) is 0 Å². The summed E-state index contributed by atoms with van der Waals surface area (Å²) < 4.78 is 2.43. The number of carbonyl (C=O) groups excluding carboxylic acids is 1. The minimum Gasteiger partial charge on any atom is -0.349 e. The van der Waals surface area contributed by atoms with E-state index in [9.17, 15) is 4.79 Å². The van der Waals surface area contributed by atoms with Crippen LogP contribution in [0.15, 0.2) is 60.7 Å². The van der Waals surface area contributed by atoms with Crippen LogP contribution in [0.5, 0.6) is 0 Å². The topological polar surface area (TPSA) is 34.0 Å². The number of nitrogens with one attached hydrogen (secondary N) is 1. The van der Waals surface area contributed by atoms with Crippen LogP contribution in [0.2, 0.25) is 0 Å². The Morgan fingerprint density at radius 3 is 2.41 bits per heavy atom. The van der Waals surface area contributed by atoms with Crippen molar-refractivity contribution >= 4 is 5.91 Å². The minimum absolute atomic E-state index is 0.0601. The van der Waals surface area contributed by atoms with E-state index in [0.717, 1.165) is 30.5 Å². The molecule has 3 heteroatoms. The quantitative estimate of drug-likeness (QED) is 0.462. The zero-order chi connectivity index (χ0) is 21.9. The summed E-state index contributed by atoms with van der Waals surface area (Å²) in [7, 11) is 0. The Kier molecular flexibility index (Phi) is 6.16. The number of rotatable bonds is 4. The predicted octanol–water partition coefficient (Wildman–Crippen LogP) is 6.72. The summed E-state index contributed by atoms with van der Waals surface area (Å²) in [5, 5.41) is 3.29. The fourth-order valence-electron chi connectivity index (χ4n) is 5.54. The normalized spacial score (nSPS) is 20.9. The van der Waals surface area contributed by atoms with Gasteiger partial charge in [-0.3, -0.25) is 4.79 Å². The highest BCUT2D eigenvalue weighted by Gasteiger charge is 2.24. The van der Waals surface area contributed by atoms with Gasteiger partial charge in [-0.2, -0.15) is 0 Å². The molecular weight excluding hydrogens is 392 g/mol. The zero-order valence-corrected chi connectivity index (χ0v) is 19.1. The van der Waals surface area contributed by atoms with E-state index in [2.05, 4.69) is 65.3 Å². The number of hydrogen-bond donors (Lipinski definition) is 1. The summed E-state index contributed by atoms with van der Waals surface area (Å²) in [6, 6.07) is 21.6. The zero-order valence-electron chi connectivity index (χ0n) is 19.1. The van der Waals surface area contributed by atoms with Crippen LogP contribution in [0, 0.1) is 5.92 Å². The van der Waals surface area contributed by atoms with Crippen LogP contribution in [0.1, 0.15) is 73.5 Å². The van der Waals surface area contributed by atoms with E-state index in [1.165, 1.54) is 61.0 Å². The number of aromatic nitrogens is 1. The lowest BCUT2D eigenvalue weighted by Gasteiger charge is -2.29. The van der Waals surface area contributed by atoms with Gasteiger partial charge in [0.05, 0.1) is 5.69 Å². The molecule has 1 N–H and O–H groups in total. The molecule has 32 heavy (non-hydrogen) atoms. The van der Waals surface area contributed by atoms with Crippen molar-refractivity contribution in [1.82, 2.24) is 9.88 Å². The third-order valence-electron chi connectivity index (χ3n) is 7.44. The van der Waals surface area contributed by atoms with Crippen molar-refractivity contribution in [2.75, 3.05) is 0 Å². The minimum atomic E-state index is 0.0601. The van der Waals surface area contributed by atoms with Gasteiger partial charge in [-0.15, -0.1) is 0 Å². The fourth-order valence-corrected chi connectivity index (χ4v) is 5.54. The van der Waals surface area contributed by atoms with Gasteiger partial charge in [0.15, 0.2) is 0 Å². The van der Waals surface area contributed by atoms with Crippen LogP contribution in [0.3, 0.4) is 0 Å². The Morgan fingerprint density at radius 2 is 1.62 bits per heavy atom. The van der Waals surface area contributed by atoms with Gasteiger partial charge in [-0.25, -0.2) is 0 Å². The first-order chi connectivity index (χ1) is 15.7. The molecular formula is C29H34N2O. The summed E-state index contributed by atoms with van der Waals surface area (Å²) in [6.45, 7) is 2.26. The van der Waals surface area contributed by atoms with Gasteiger partial charge in [0, 0.05) is 23.0 Å². The van der Waals surface area contributed by atoms with Crippen molar-refractivity contribution < 1.29 is 4.79 Å². The highest BCUT2D eigenvalue weighted by atomic mass is 16.1. The fraction of sp³-hybridized carbons (Fsp3) is 0.414. The van der Waals surface area contributed by atoms with E-state index in [-0.39, 0.29) is 5.91 Å². The lowest BCUT2D eigenvalue weighted by atomic mass is 9.86. The Morgan fingerprint density at radius 1 is 0.875 bits per heavy atom. The largest absolute Gasteiger partial charge is 0.349 e. The Labute approximate surface area is 191 Å². The highest BCUT2D eigenvalue weighted by molar-refractivity contribution is 5.94. The SMILES string of the molecule is C[C@@H]1CCCC[C@H]1NC(=O)c1ccc(-n2c(-c3ccccc3)cc3c2CCCCC3)cc1. The highest BCUT2D eigenvalue weighted by Crippen LogP contribution is 2.33. The van der Waals surface area contributed by atoms with Crippen LogP contribution >= 0.6 is 0 Å². The molecule has 0 aliphatic heterocycles. The van der Waals surface area contributed by atoms with Gasteiger partial charge in [0.25, 0.3) is 5.91 Å². The van der Waals surface area contributed by atoms with Crippen molar-refractivity contribution in [2.45, 2.75) is 70.8 Å². The molecule has 0 saturated heterocycles. The lowest BCUT2D eigenvalue weighted by Crippen LogP contribution is -2.41. The van der Waals surface area contributed by atoms with Crippen molar-refractivity contribution in [3.63, 3.8) is 0 Å². The Balaban J connectivity index is 1.46. The lowest BCUT2D eigenvalue weighted by molar-refractivity contribution is 0.0910. The smallest absolute Gasteiger partial charge is 0.251 e. The molecule has 3 nitrogen and oxygen atoms in total. The molecule has 5 rings (SSSR count). The summed E-state index contributed by atoms with van der Waals surface area (Å²) in [5.74, 6) is 0.626. The monoisotopic (exact) mass is 426 g/mol. The second kappa shape index (κ2) is 9.36. The van der Waals surface area contributed by atoms with Gasteiger partial charge in [0.1, 0.15) is 0 Å². The molecule has 2 atom stereocenters. The van der Waals surface area contributed by atoms with E-state index in [0.29, 0.717) is 12.0 Å². The average Bonchev–Trinajstić information content (AvgIpc) is 3.03. The molecule has 2 aromatic carbocycles. The maximum atomic E-state index is 12.9. The van der Waals surface area contributed by atoms with Gasteiger partial charge in [-0.1, -0.05) is 56.5 Å². The molecule has 0 bridgehead atoms. The van der Waals surface area contributed by atoms with Gasteiger partial charge in [-0.05, 0) is 85.9 Å². The van der Waals surface area contributed by atoms with E-state index >= 15 is 0 Å². The molecule has 166 valence electrons. The molecule has 1 aromatic heterocycles. The molecule has 0 spiro atoms. The summed E-state index contributed by atoms with van der Waals surface area (Å²) in [4.78, 5) is 12.9. The second-order valence-corrected chi connectivity index (χ2v) is 9.65. The van der Waals surface area contributed by atoms with Crippen molar-refractivity contribution in [2.24, 2.45) is 5.92 Å². The number of carbonyl (C=O) groups is 1. The van der Waals surface area contributed by atoms with E-state index in [1.807, 2.05) is 12.1 Å². The number of amides is 1. The molecule has 2 aliphatic carbocycles. The number of nitrogens with zero attached hydrogens (tertiary/aromatic N) is 1. The van der Waals surface area contributed by atoms with Crippen molar-refractivity contribution in [3.05, 3.63) is 77.5 Å². The Hall–Kier alpha value is -2.81. The third kappa shape index (κ3) is 4.26. The van der Waals surface area contributed by atoms with Crippen LogP contribution in [-0.2, 0) is 12.8 Å². The van der Waals surface area contributed by atoms with Gasteiger partial charge < -0.3 is 9.88 Å². The molecule has 0 radical (unpaired) electrons. The first kappa shape index (κ1) is 21.1. The first-order valence-corrected chi connectivity index (χ1v) is 12.4. The standard InChI is InChI=1S/C29H34N2O/c1-21-10-8-9-14-26(21)30-29(32)23-16-18-25(19-17-23)31-27-15-7-3-6-13-24(27)20-28(31)22-11-4-2-5-12-22/h2,4-5,11-12,16-21,26H,3,6-10,13-15H2,1H3,(H,30,32)/t21-,26-/m1/s1. The van der Waals surface area contributed by atoms with Crippen LogP contribution in [0.25, 0.3) is 16.9 Å². The number of benzene rings is 2. The molecule has 1 heterocycles. The van der Waals surface area contributed by atoms with Crippen molar-refractivity contribution in [1.29, 1.82) is 0 Å². The summed E-state index contributed by atoms with van der Waals surface area (Å²) in [5.41, 5.74) is 7.32.